The van der Waals surface area contributed by atoms with E-state index in [1.807, 2.05) is 57.2 Å². The molecule has 0 atom stereocenters. The molecule has 2 aromatic carbocycles. The SMILES string of the molecule is CC(C)(C)C(=O)Nc1cccc(N2CCn3c(nc4cc(Cl)ccc43)C2)c1. The lowest BCUT2D eigenvalue weighted by atomic mass is 9.95. The van der Waals surface area contributed by atoms with Gasteiger partial charge in [-0.15, -0.1) is 0 Å². The molecule has 1 aliphatic rings. The number of nitrogens with one attached hydrogen (secondary N) is 1. The average molecular weight is 383 g/mol. The Morgan fingerprint density at radius 3 is 2.74 bits per heavy atom. The summed E-state index contributed by atoms with van der Waals surface area (Å²) < 4.78 is 2.26. The predicted molar refractivity (Wildman–Crippen MR) is 110 cm³/mol. The van der Waals surface area contributed by atoms with Gasteiger partial charge in [-0.3, -0.25) is 4.79 Å². The Morgan fingerprint density at radius 2 is 1.96 bits per heavy atom. The van der Waals surface area contributed by atoms with Gasteiger partial charge in [-0.25, -0.2) is 4.98 Å². The summed E-state index contributed by atoms with van der Waals surface area (Å²) >= 11 is 6.10. The molecule has 140 valence electrons. The van der Waals surface area contributed by atoms with Crippen LogP contribution in [0.5, 0.6) is 0 Å². The number of halogens is 1. The lowest BCUT2D eigenvalue weighted by molar-refractivity contribution is -0.123. The van der Waals surface area contributed by atoms with Crippen LogP contribution in [0.3, 0.4) is 0 Å². The fraction of sp³-hybridized carbons (Fsp3) is 0.333. The van der Waals surface area contributed by atoms with Gasteiger partial charge in [0, 0.05) is 34.9 Å². The van der Waals surface area contributed by atoms with Crippen LogP contribution in [0, 0.1) is 5.41 Å². The lowest BCUT2D eigenvalue weighted by Gasteiger charge is -2.30. The van der Waals surface area contributed by atoms with E-state index in [0.29, 0.717) is 5.02 Å². The van der Waals surface area contributed by atoms with Crippen LogP contribution in [0.4, 0.5) is 11.4 Å². The molecule has 1 N–H and O–H groups in total. The molecule has 0 fully saturated rings. The predicted octanol–water partition coefficient (Wildman–Crippen LogP) is 4.69. The molecule has 1 aliphatic heterocycles. The summed E-state index contributed by atoms with van der Waals surface area (Å²) in [6.07, 6.45) is 0. The van der Waals surface area contributed by atoms with Crippen molar-refractivity contribution >= 4 is 39.9 Å². The Balaban J connectivity index is 1.58. The Labute approximate surface area is 163 Å². The van der Waals surface area contributed by atoms with Crippen LogP contribution in [0.15, 0.2) is 42.5 Å². The first-order valence-corrected chi connectivity index (χ1v) is 9.50. The number of imidazole rings is 1. The normalized spacial score (nSPS) is 14.3. The topological polar surface area (TPSA) is 50.2 Å². The van der Waals surface area contributed by atoms with Gasteiger partial charge in [0.2, 0.25) is 5.91 Å². The number of hydrogen-bond acceptors (Lipinski definition) is 3. The standard InChI is InChI=1S/C21H23ClN4O/c1-21(2,3)20(27)23-15-5-4-6-16(12-15)25-9-10-26-18-8-7-14(22)11-17(18)24-19(26)13-25/h4-8,11-12H,9-10,13H2,1-3H3,(H,23,27). The Kier molecular flexibility index (Phi) is 4.35. The number of fused-ring (bicyclic) bond motifs is 3. The summed E-state index contributed by atoms with van der Waals surface area (Å²) in [6, 6.07) is 13.9. The van der Waals surface area contributed by atoms with E-state index in [4.69, 9.17) is 16.6 Å². The van der Waals surface area contributed by atoms with Gasteiger partial charge in [-0.2, -0.15) is 0 Å². The highest BCUT2D eigenvalue weighted by atomic mass is 35.5. The van der Waals surface area contributed by atoms with Gasteiger partial charge < -0.3 is 14.8 Å². The third-order valence-electron chi connectivity index (χ3n) is 4.87. The maximum atomic E-state index is 12.3. The number of anilines is 2. The first-order chi connectivity index (χ1) is 12.8. The zero-order chi connectivity index (χ0) is 19.2. The quantitative estimate of drug-likeness (QED) is 0.699. The van der Waals surface area contributed by atoms with Gasteiger partial charge >= 0.3 is 0 Å². The van der Waals surface area contributed by atoms with Crippen molar-refractivity contribution in [3.05, 3.63) is 53.3 Å². The number of amides is 1. The molecule has 0 unspecified atom stereocenters. The van der Waals surface area contributed by atoms with Crippen LogP contribution < -0.4 is 10.2 Å². The van der Waals surface area contributed by atoms with Crippen LogP contribution in [-0.4, -0.2) is 22.0 Å². The molecule has 0 saturated heterocycles. The number of aromatic nitrogens is 2. The highest BCUT2D eigenvalue weighted by Gasteiger charge is 2.23. The summed E-state index contributed by atoms with van der Waals surface area (Å²) in [5.41, 5.74) is 3.54. The van der Waals surface area contributed by atoms with Crippen LogP contribution in [-0.2, 0) is 17.9 Å². The first kappa shape index (κ1) is 17.9. The molecule has 4 rings (SSSR count). The Bertz CT molecular complexity index is 1020. The number of carbonyl (C=O) groups is 1. The molecular formula is C21H23ClN4O. The molecule has 3 aromatic rings. The number of nitrogens with zero attached hydrogens (tertiary/aromatic N) is 3. The maximum absolute atomic E-state index is 12.3. The monoisotopic (exact) mass is 382 g/mol. The summed E-state index contributed by atoms with van der Waals surface area (Å²) in [5, 5.41) is 3.71. The van der Waals surface area contributed by atoms with Gasteiger partial charge in [0.25, 0.3) is 0 Å². The maximum Gasteiger partial charge on any atom is 0.229 e. The summed E-state index contributed by atoms with van der Waals surface area (Å²) in [6.45, 7) is 8.21. The zero-order valence-electron chi connectivity index (χ0n) is 15.8. The second kappa shape index (κ2) is 6.57. The molecule has 0 aliphatic carbocycles. The zero-order valence-corrected chi connectivity index (χ0v) is 16.5. The fourth-order valence-electron chi connectivity index (χ4n) is 3.31. The van der Waals surface area contributed by atoms with Gasteiger partial charge in [0.05, 0.1) is 17.6 Å². The smallest absolute Gasteiger partial charge is 0.229 e. The molecule has 5 nitrogen and oxygen atoms in total. The number of rotatable bonds is 2. The first-order valence-electron chi connectivity index (χ1n) is 9.12. The minimum Gasteiger partial charge on any atom is -0.362 e. The molecule has 0 saturated carbocycles. The highest BCUT2D eigenvalue weighted by molar-refractivity contribution is 6.31. The van der Waals surface area contributed by atoms with Crippen LogP contribution in [0.25, 0.3) is 11.0 Å². The Morgan fingerprint density at radius 1 is 1.15 bits per heavy atom. The van der Waals surface area contributed by atoms with Gasteiger partial charge in [-0.1, -0.05) is 38.4 Å². The van der Waals surface area contributed by atoms with Crippen molar-refractivity contribution in [2.24, 2.45) is 5.41 Å². The molecule has 0 bridgehead atoms. The minimum absolute atomic E-state index is 0.0111. The number of hydrogen-bond donors (Lipinski definition) is 1. The van der Waals surface area contributed by atoms with E-state index in [-0.39, 0.29) is 5.91 Å². The largest absolute Gasteiger partial charge is 0.362 e. The third-order valence-corrected chi connectivity index (χ3v) is 5.10. The van der Waals surface area contributed by atoms with Crippen molar-refractivity contribution in [3.8, 4) is 0 Å². The minimum atomic E-state index is -0.423. The molecule has 27 heavy (non-hydrogen) atoms. The molecule has 0 radical (unpaired) electrons. The van der Waals surface area contributed by atoms with Crippen LogP contribution in [0.2, 0.25) is 5.02 Å². The number of carbonyl (C=O) groups excluding carboxylic acids is 1. The van der Waals surface area contributed by atoms with Gasteiger partial charge in [0.15, 0.2) is 0 Å². The molecule has 1 aromatic heterocycles. The van der Waals surface area contributed by atoms with Crippen molar-refractivity contribution in [1.82, 2.24) is 9.55 Å². The van der Waals surface area contributed by atoms with E-state index in [1.165, 1.54) is 0 Å². The van der Waals surface area contributed by atoms with E-state index in [9.17, 15) is 4.79 Å². The number of benzene rings is 2. The van der Waals surface area contributed by atoms with E-state index in [2.05, 4.69) is 20.9 Å². The highest BCUT2D eigenvalue weighted by Crippen LogP contribution is 2.28. The molecule has 2 heterocycles. The van der Waals surface area contributed by atoms with Crippen molar-refractivity contribution in [2.45, 2.75) is 33.9 Å². The average Bonchev–Trinajstić information content (AvgIpc) is 2.97. The van der Waals surface area contributed by atoms with Crippen molar-refractivity contribution in [1.29, 1.82) is 0 Å². The van der Waals surface area contributed by atoms with Crippen LogP contribution in [0.1, 0.15) is 26.6 Å². The summed E-state index contributed by atoms with van der Waals surface area (Å²) in [5.74, 6) is 1.04. The lowest BCUT2D eigenvalue weighted by Crippen LogP contribution is -2.33. The molecule has 1 amide bonds. The second-order valence-corrected chi connectivity index (χ2v) is 8.43. The summed E-state index contributed by atoms with van der Waals surface area (Å²) in [4.78, 5) is 19.3. The van der Waals surface area contributed by atoms with Crippen LogP contribution >= 0.6 is 11.6 Å². The molecule has 0 spiro atoms. The summed E-state index contributed by atoms with van der Waals surface area (Å²) in [7, 11) is 0. The van der Waals surface area contributed by atoms with E-state index in [0.717, 1.165) is 47.9 Å². The van der Waals surface area contributed by atoms with Crippen molar-refractivity contribution in [3.63, 3.8) is 0 Å². The van der Waals surface area contributed by atoms with E-state index >= 15 is 0 Å². The van der Waals surface area contributed by atoms with E-state index < -0.39 is 5.41 Å². The fourth-order valence-corrected chi connectivity index (χ4v) is 3.48. The van der Waals surface area contributed by atoms with Crippen molar-refractivity contribution in [2.75, 3.05) is 16.8 Å². The third kappa shape index (κ3) is 3.52. The van der Waals surface area contributed by atoms with Gasteiger partial charge in [-0.05, 0) is 36.4 Å². The molecular weight excluding hydrogens is 360 g/mol. The second-order valence-electron chi connectivity index (χ2n) is 7.99. The molecule has 6 heteroatoms. The Hall–Kier alpha value is -2.53. The van der Waals surface area contributed by atoms with Crippen molar-refractivity contribution < 1.29 is 4.79 Å². The van der Waals surface area contributed by atoms with E-state index in [1.54, 1.807) is 0 Å². The van der Waals surface area contributed by atoms with Gasteiger partial charge in [0.1, 0.15) is 5.82 Å².